The molecule has 118 valence electrons. The van der Waals surface area contributed by atoms with Crippen LogP contribution < -0.4 is 4.90 Å². The van der Waals surface area contributed by atoms with Gasteiger partial charge >= 0.3 is 0 Å². The van der Waals surface area contributed by atoms with Crippen molar-refractivity contribution < 1.29 is 4.79 Å². The van der Waals surface area contributed by atoms with Crippen LogP contribution in [0.1, 0.15) is 5.56 Å². The number of piperazine rings is 1. The Balaban J connectivity index is 1.57. The van der Waals surface area contributed by atoms with Crippen LogP contribution in [0.25, 0.3) is 6.08 Å². The van der Waals surface area contributed by atoms with Crippen molar-refractivity contribution >= 4 is 29.3 Å². The van der Waals surface area contributed by atoms with Crippen LogP contribution in [0.2, 0.25) is 5.02 Å². The zero-order valence-electron chi connectivity index (χ0n) is 12.9. The molecule has 1 amide bonds. The maximum Gasteiger partial charge on any atom is 0.246 e. The Morgan fingerprint density at radius 2 is 1.57 bits per heavy atom. The smallest absolute Gasteiger partial charge is 0.246 e. The first kappa shape index (κ1) is 15.6. The lowest BCUT2D eigenvalue weighted by Crippen LogP contribution is -2.48. The predicted molar refractivity (Wildman–Crippen MR) is 95.7 cm³/mol. The largest absolute Gasteiger partial charge is 0.367 e. The SMILES string of the molecule is O=C(C=Cc1ccccc1)N1CCN(c2ccccc2Cl)CC1. The quantitative estimate of drug-likeness (QED) is 0.803. The van der Waals surface area contributed by atoms with Gasteiger partial charge in [0.05, 0.1) is 10.7 Å². The second kappa shape index (κ2) is 7.34. The van der Waals surface area contributed by atoms with E-state index in [1.807, 2.05) is 65.6 Å². The van der Waals surface area contributed by atoms with Crippen LogP contribution in [0.4, 0.5) is 5.69 Å². The highest BCUT2D eigenvalue weighted by molar-refractivity contribution is 6.33. The summed E-state index contributed by atoms with van der Waals surface area (Å²) >= 11 is 6.24. The summed E-state index contributed by atoms with van der Waals surface area (Å²) < 4.78 is 0. The fraction of sp³-hybridized carbons (Fsp3) is 0.211. The van der Waals surface area contributed by atoms with E-state index in [0.717, 1.165) is 29.4 Å². The summed E-state index contributed by atoms with van der Waals surface area (Å²) in [7, 11) is 0. The number of hydrogen-bond donors (Lipinski definition) is 0. The molecule has 2 aromatic carbocycles. The highest BCUT2D eigenvalue weighted by Gasteiger charge is 2.20. The number of hydrogen-bond acceptors (Lipinski definition) is 2. The Hall–Kier alpha value is -2.26. The number of carbonyl (C=O) groups excluding carboxylic acids is 1. The number of benzene rings is 2. The van der Waals surface area contributed by atoms with Gasteiger partial charge in [0, 0.05) is 32.3 Å². The molecule has 3 rings (SSSR count). The normalized spacial score (nSPS) is 15.2. The standard InChI is InChI=1S/C19H19ClN2O/c20-17-8-4-5-9-18(17)21-12-14-22(15-13-21)19(23)11-10-16-6-2-1-3-7-16/h1-11H,12-15H2. The summed E-state index contributed by atoms with van der Waals surface area (Å²) in [6.45, 7) is 3.02. The second-order valence-electron chi connectivity index (χ2n) is 5.51. The molecule has 0 aliphatic carbocycles. The molecule has 1 heterocycles. The number of carbonyl (C=O) groups is 1. The van der Waals surface area contributed by atoms with Crippen LogP contribution in [0.15, 0.2) is 60.7 Å². The van der Waals surface area contributed by atoms with Gasteiger partial charge < -0.3 is 9.80 Å². The molecule has 0 aromatic heterocycles. The number of amides is 1. The number of rotatable bonds is 3. The molecule has 0 radical (unpaired) electrons. The molecule has 0 unspecified atom stereocenters. The van der Waals surface area contributed by atoms with Gasteiger partial charge in [-0.15, -0.1) is 0 Å². The van der Waals surface area contributed by atoms with E-state index >= 15 is 0 Å². The molecule has 0 spiro atoms. The number of anilines is 1. The first-order valence-electron chi connectivity index (χ1n) is 7.75. The van der Waals surface area contributed by atoms with E-state index in [2.05, 4.69) is 4.90 Å². The Morgan fingerprint density at radius 3 is 2.26 bits per heavy atom. The zero-order valence-corrected chi connectivity index (χ0v) is 13.6. The molecule has 1 aliphatic rings. The Morgan fingerprint density at radius 1 is 0.913 bits per heavy atom. The van der Waals surface area contributed by atoms with Crippen LogP contribution in [0.5, 0.6) is 0 Å². The first-order valence-corrected chi connectivity index (χ1v) is 8.13. The van der Waals surface area contributed by atoms with Crippen LogP contribution >= 0.6 is 11.6 Å². The molecular formula is C19H19ClN2O. The van der Waals surface area contributed by atoms with Gasteiger partial charge in [0.1, 0.15) is 0 Å². The maximum absolute atomic E-state index is 12.3. The van der Waals surface area contributed by atoms with Gasteiger partial charge in [-0.2, -0.15) is 0 Å². The van der Waals surface area contributed by atoms with Gasteiger partial charge in [-0.3, -0.25) is 4.79 Å². The fourth-order valence-corrected chi connectivity index (χ4v) is 2.97. The summed E-state index contributed by atoms with van der Waals surface area (Å²) in [5.74, 6) is 0.0626. The van der Waals surface area contributed by atoms with Crippen molar-refractivity contribution in [2.75, 3.05) is 31.1 Å². The third-order valence-electron chi connectivity index (χ3n) is 4.00. The van der Waals surface area contributed by atoms with E-state index in [1.54, 1.807) is 6.08 Å². The minimum atomic E-state index is 0.0626. The molecule has 23 heavy (non-hydrogen) atoms. The van der Waals surface area contributed by atoms with Crippen LogP contribution in [-0.4, -0.2) is 37.0 Å². The molecular weight excluding hydrogens is 308 g/mol. The van der Waals surface area contributed by atoms with Gasteiger partial charge in [-0.05, 0) is 23.8 Å². The average Bonchev–Trinajstić information content (AvgIpc) is 2.61. The molecule has 1 aliphatic heterocycles. The molecule has 3 nitrogen and oxygen atoms in total. The molecule has 1 fully saturated rings. The second-order valence-corrected chi connectivity index (χ2v) is 5.91. The predicted octanol–water partition coefficient (Wildman–Crippen LogP) is 3.70. The third kappa shape index (κ3) is 3.93. The Kier molecular flexibility index (Phi) is 4.99. The van der Waals surface area contributed by atoms with Crippen molar-refractivity contribution in [2.24, 2.45) is 0 Å². The van der Waals surface area contributed by atoms with Crippen molar-refractivity contribution in [3.8, 4) is 0 Å². The lowest BCUT2D eigenvalue weighted by Gasteiger charge is -2.36. The summed E-state index contributed by atoms with van der Waals surface area (Å²) in [6, 6.07) is 17.7. The Bertz CT molecular complexity index is 692. The minimum absolute atomic E-state index is 0.0626. The molecule has 0 saturated carbocycles. The fourth-order valence-electron chi connectivity index (χ4n) is 2.71. The lowest BCUT2D eigenvalue weighted by atomic mass is 10.2. The molecule has 0 atom stereocenters. The van der Waals surface area contributed by atoms with Gasteiger partial charge in [0.15, 0.2) is 0 Å². The maximum atomic E-state index is 12.3. The van der Waals surface area contributed by atoms with Crippen LogP contribution in [0, 0.1) is 0 Å². The van der Waals surface area contributed by atoms with E-state index in [-0.39, 0.29) is 5.91 Å². The average molecular weight is 327 g/mol. The van der Waals surface area contributed by atoms with Crippen molar-refractivity contribution in [3.63, 3.8) is 0 Å². The van der Waals surface area contributed by atoms with E-state index < -0.39 is 0 Å². The molecule has 1 saturated heterocycles. The van der Waals surface area contributed by atoms with E-state index in [1.165, 1.54) is 0 Å². The third-order valence-corrected chi connectivity index (χ3v) is 4.32. The van der Waals surface area contributed by atoms with Crippen molar-refractivity contribution in [1.29, 1.82) is 0 Å². The van der Waals surface area contributed by atoms with Crippen LogP contribution in [-0.2, 0) is 4.79 Å². The zero-order chi connectivity index (χ0) is 16.1. The van der Waals surface area contributed by atoms with E-state index in [4.69, 9.17) is 11.6 Å². The highest BCUT2D eigenvalue weighted by atomic mass is 35.5. The van der Waals surface area contributed by atoms with Gasteiger partial charge in [-0.25, -0.2) is 0 Å². The van der Waals surface area contributed by atoms with Gasteiger partial charge in [0.2, 0.25) is 5.91 Å². The lowest BCUT2D eigenvalue weighted by molar-refractivity contribution is -0.126. The van der Waals surface area contributed by atoms with E-state index in [9.17, 15) is 4.79 Å². The van der Waals surface area contributed by atoms with Crippen molar-refractivity contribution in [3.05, 3.63) is 71.3 Å². The van der Waals surface area contributed by atoms with Crippen molar-refractivity contribution in [1.82, 2.24) is 4.90 Å². The number of halogens is 1. The van der Waals surface area contributed by atoms with E-state index in [0.29, 0.717) is 13.1 Å². The van der Waals surface area contributed by atoms with Crippen molar-refractivity contribution in [2.45, 2.75) is 0 Å². The highest BCUT2D eigenvalue weighted by Crippen LogP contribution is 2.26. The summed E-state index contributed by atoms with van der Waals surface area (Å²) in [5, 5.41) is 0.760. The van der Waals surface area contributed by atoms with Gasteiger partial charge in [0.25, 0.3) is 0 Å². The summed E-state index contributed by atoms with van der Waals surface area (Å²) in [6.07, 6.45) is 3.52. The molecule has 0 bridgehead atoms. The van der Waals surface area contributed by atoms with Crippen LogP contribution in [0.3, 0.4) is 0 Å². The molecule has 2 aromatic rings. The minimum Gasteiger partial charge on any atom is -0.367 e. The Labute approximate surface area is 141 Å². The monoisotopic (exact) mass is 326 g/mol. The number of nitrogens with zero attached hydrogens (tertiary/aromatic N) is 2. The summed E-state index contributed by atoms with van der Waals surface area (Å²) in [4.78, 5) is 16.4. The first-order chi connectivity index (χ1) is 11.2. The topological polar surface area (TPSA) is 23.6 Å². The van der Waals surface area contributed by atoms with Gasteiger partial charge in [-0.1, -0.05) is 54.1 Å². The summed E-state index contributed by atoms with van der Waals surface area (Å²) in [5.41, 5.74) is 2.08. The molecule has 0 N–H and O–H groups in total. The number of para-hydroxylation sites is 1. The molecule has 4 heteroatoms.